The predicted octanol–water partition coefficient (Wildman–Crippen LogP) is 3.28. The summed E-state index contributed by atoms with van der Waals surface area (Å²) in [5.41, 5.74) is 1.43. The van der Waals surface area contributed by atoms with Crippen LogP contribution in [0.4, 0.5) is 0 Å². The summed E-state index contributed by atoms with van der Waals surface area (Å²) in [5, 5.41) is 6.67. The fraction of sp³-hybridized carbons (Fsp3) is 0.706. The van der Waals surface area contributed by atoms with Crippen LogP contribution in [0.25, 0.3) is 0 Å². The zero-order valence-electron chi connectivity index (χ0n) is 12.9. The molecular weight excluding hydrogens is 280 g/mol. The molecule has 1 amide bonds. The molecule has 1 aromatic rings. The van der Waals surface area contributed by atoms with Gasteiger partial charge in [0.15, 0.2) is 0 Å². The third-order valence-corrected chi connectivity index (χ3v) is 5.92. The molecule has 1 aliphatic heterocycles. The summed E-state index contributed by atoms with van der Waals surface area (Å²) in [7, 11) is 0. The van der Waals surface area contributed by atoms with Gasteiger partial charge in [0.2, 0.25) is 0 Å². The summed E-state index contributed by atoms with van der Waals surface area (Å²) >= 11 is 1.73. The van der Waals surface area contributed by atoms with Crippen LogP contribution in [0.5, 0.6) is 0 Å². The Balaban J connectivity index is 1.65. The first-order valence-corrected chi connectivity index (χ1v) is 9.20. The molecule has 0 radical (unpaired) electrons. The molecule has 1 aliphatic carbocycles. The SMILES string of the molecule is CC1CC(NC(=O)c2cc3c(s2)CCCCCC3)CCN1. The number of aryl methyl sites for hydroxylation is 2. The van der Waals surface area contributed by atoms with Gasteiger partial charge in [-0.1, -0.05) is 12.8 Å². The molecule has 0 bridgehead atoms. The van der Waals surface area contributed by atoms with E-state index in [2.05, 4.69) is 23.6 Å². The van der Waals surface area contributed by atoms with E-state index in [0.29, 0.717) is 12.1 Å². The number of fused-ring (bicyclic) bond motifs is 1. The van der Waals surface area contributed by atoms with Crippen molar-refractivity contribution < 1.29 is 4.79 Å². The van der Waals surface area contributed by atoms with E-state index in [-0.39, 0.29) is 5.91 Å². The van der Waals surface area contributed by atoms with Crippen molar-refractivity contribution >= 4 is 17.2 Å². The molecule has 4 heteroatoms. The summed E-state index contributed by atoms with van der Waals surface area (Å²) in [4.78, 5) is 14.9. The Bertz CT molecular complexity index is 471. The summed E-state index contributed by atoms with van der Waals surface area (Å²) < 4.78 is 0. The minimum absolute atomic E-state index is 0.144. The van der Waals surface area contributed by atoms with Gasteiger partial charge in [0.1, 0.15) is 0 Å². The molecule has 2 N–H and O–H groups in total. The van der Waals surface area contributed by atoms with Gasteiger partial charge in [-0.3, -0.25) is 4.79 Å². The second-order valence-corrected chi connectivity index (χ2v) is 7.66. The van der Waals surface area contributed by atoms with Gasteiger partial charge < -0.3 is 10.6 Å². The van der Waals surface area contributed by atoms with Crippen molar-refractivity contribution in [3.63, 3.8) is 0 Å². The van der Waals surface area contributed by atoms with Crippen LogP contribution >= 0.6 is 11.3 Å². The van der Waals surface area contributed by atoms with Gasteiger partial charge in [0, 0.05) is 17.0 Å². The summed E-state index contributed by atoms with van der Waals surface area (Å²) in [5.74, 6) is 0.144. The van der Waals surface area contributed by atoms with Crippen molar-refractivity contribution in [2.45, 2.75) is 70.4 Å². The number of rotatable bonds is 2. The highest BCUT2D eigenvalue weighted by molar-refractivity contribution is 7.14. The van der Waals surface area contributed by atoms with Crippen LogP contribution in [-0.2, 0) is 12.8 Å². The standard InChI is InChI=1S/C17H26N2OS/c1-12-10-14(8-9-18-12)19-17(20)16-11-13-6-4-2-3-5-7-15(13)21-16/h11-12,14,18H,2-10H2,1H3,(H,19,20). The monoisotopic (exact) mass is 306 g/mol. The Kier molecular flexibility index (Phi) is 4.96. The van der Waals surface area contributed by atoms with Gasteiger partial charge in [0.05, 0.1) is 4.88 Å². The molecule has 1 fully saturated rings. The number of nitrogens with one attached hydrogen (secondary N) is 2. The van der Waals surface area contributed by atoms with Crippen LogP contribution in [0.1, 0.15) is 65.6 Å². The van der Waals surface area contributed by atoms with Crippen molar-refractivity contribution in [1.29, 1.82) is 0 Å². The lowest BCUT2D eigenvalue weighted by Crippen LogP contribution is -2.46. The first-order chi connectivity index (χ1) is 10.2. The minimum atomic E-state index is 0.144. The van der Waals surface area contributed by atoms with Gasteiger partial charge in [0.25, 0.3) is 5.91 Å². The molecule has 2 heterocycles. The first kappa shape index (κ1) is 15.0. The highest BCUT2D eigenvalue weighted by Gasteiger charge is 2.22. The van der Waals surface area contributed by atoms with Crippen LogP contribution in [0, 0.1) is 0 Å². The number of carbonyl (C=O) groups is 1. The van der Waals surface area contributed by atoms with Crippen LogP contribution < -0.4 is 10.6 Å². The van der Waals surface area contributed by atoms with E-state index in [4.69, 9.17) is 0 Å². The number of hydrogen-bond acceptors (Lipinski definition) is 3. The zero-order valence-corrected chi connectivity index (χ0v) is 13.7. The summed E-state index contributed by atoms with van der Waals surface area (Å²) in [6, 6.07) is 3.00. The van der Waals surface area contributed by atoms with E-state index >= 15 is 0 Å². The topological polar surface area (TPSA) is 41.1 Å². The molecule has 3 nitrogen and oxygen atoms in total. The van der Waals surface area contributed by atoms with E-state index in [9.17, 15) is 4.79 Å². The first-order valence-electron chi connectivity index (χ1n) is 8.38. The van der Waals surface area contributed by atoms with Gasteiger partial charge in [-0.05, 0) is 63.6 Å². The molecule has 1 saturated heterocycles. The molecule has 1 aromatic heterocycles. The van der Waals surface area contributed by atoms with Gasteiger partial charge >= 0.3 is 0 Å². The normalized spacial score (nSPS) is 26.5. The fourth-order valence-corrected chi connectivity index (χ4v) is 4.63. The van der Waals surface area contributed by atoms with E-state index < -0.39 is 0 Å². The lowest BCUT2D eigenvalue weighted by Gasteiger charge is -2.28. The Morgan fingerprint density at radius 3 is 2.90 bits per heavy atom. The van der Waals surface area contributed by atoms with Gasteiger partial charge in [-0.25, -0.2) is 0 Å². The number of thiophene rings is 1. The van der Waals surface area contributed by atoms with Crippen LogP contribution in [0.15, 0.2) is 6.07 Å². The average molecular weight is 306 g/mol. The Hall–Kier alpha value is -0.870. The fourth-order valence-electron chi connectivity index (χ4n) is 3.48. The molecule has 2 unspecified atom stereocenters. The second-order valence-electron chi connectivity index (χ2n) is 6.52. The van der Waals surface area contributed by atoms with E-state index in [1.54, 1.807) is 11.3 Å². The lowest BCUT2D eigenvalue weighted by atomic mass is 9.99. The molecule has 0 saturated carbocycles. The minimum Gasteiger partial charge on any atom is -0.349 e. The largest absolute Gasteiger partial charge is 0.349 e. The molecule has 2 atom stereocenters. The lowest BCUT2D eigenvalue weighted by molar-refractivity contribution is 0.0930. The highest BCUT2D eigenvalue weighted by atomic mass is 32.1. The second kappa shape index (κ2) is 6.93. The molecule has 116 valence electrons. The zero-order chi connectivity index (χ0) is 14.7. The Morgan fingerprint density at radius 1 is 1.29 bits per heavy atom. The molecule has 21 heavy (non-hydrogen) atoms. The van der Waals surface area contributed by atoms with E-state index in [1.807, 2.05) is 0 Å². The smallest absolute Gasteiger partial charge is 0.261 e. The molecule has 0 aromatic carbocycles. The van der Waals surface area contributed by atoms with Crippen LogP contribution in [-0.4, -0.2) is 24.5 Å². The van der Waals surface area contributed by atoms with Crippen molar-refractivity contribution in [2.75, 3.05) is 6.54 Å². The van der Waals surface area contributed by atoms with Crippen molar-refractivity contribution in [3.05, 3.63) is 21.4 Å². The summed E-state index contributed by atoms with van der Waals surface area (Å²) in [6.07, 6.45) is 9.63. The van der Waals surface area contributed by atoms with Crippen molar-refractivity contribution in [1.82, 2.24) is 10.6 Å². The number of carbonyl (C=O) groups excluding carboxylic acids is 1. The van der Waals surface area contributed by atoms with Crippen LogP contribution in [0.2, 0.25) is 0 Å². The number of piperidine rings is 1. The molecule has 0 spiro atoms. The van der Waals surface area contributed by atoms with Crippen molar-refractivity contribution in [2.24, 2.45) is 0 Å². The van der Waals surface area contributed by atoms with Gasteiger partial charge in [-0.2, -0.15) is 0 Å². The van der Waals surface area contributed by atoms with E-state index in [0.717, 1.165) is 37.1 Å². The average Bonchev–Trinajstić information content (AvgIpc) is 2.81. The number of hydrogen-bond donors (Lipinski definition) is 2. The van der Waals surface area contributed by atoms with Crippen molar-refractivity contribution in [3.8, 4) is 0 Å². The summed E-state index contributed by atoms with van der Waals surface area (Å²) in [6.45, 7) is 3.20. The van der Waals surface area contributed by atoms with E-state index in [1.165, 1.54) is 36.1 Å². The molecule has 3 rings (SSSR count). The Morgan fingerprint density at radius 2 is 2.10 bits per heavy atom. The van der Waals surface area contributed by atoms with Gasteiger partial charge in [-0.15, -0.1) is 11.3 Å². The predicted molar refractivity (Wildman–Crippen MR) is 88.1 cm³/mol. The third kappa shape index (κ3) is 3.86. The number of amides is 1. The highest BCUT2D eigenvalue weighted by Crippen LogP contribution is 2.28. The maximum Gasteiger partial charge on any atom is 0.261 e. The molecular formula is C17H26N2OS. The molecule has 2 aliphatic rings. The third-order valence-electron chi connectivity index (χ3n) is 4.68. The maximum atomic E-state index is 12.5. The Labute approximate surface area is 131 Å². The quantitative estimate of drug-likeness (QED) is 0.880. The maximum absolute atomic E-state index is 12.5. The van der Waals surface area contributed by atoms with Crippen LogP contribution in [0.3, 0.4) is 0 Å².